The van der Waals surface area contributed by atoms with Crippen molar-refractivity contribution < 1.29 is 27.5 Å². The minimum absolute atomic E-state index is 0. The SMILES string of the molecule is CC(C)N1C[C@@H](C(=O)N2C[C@@H](C)C(O)(c3ccc(F)c(F)c3)[C@@H](C)C2)[C@H](c2ccc(F)cc2F)C1.Cl. The number of halogens is 5. The minimum Gasteiger partial charge on any atom is -0.384 e. The van der Waals surface area contributed by atoms with E-state index in [0.29, 0.717) is 18.7 Å². The first kappa shape index (κ1) is 28.4. The summed E-state index contributed by atoms with van der Waals surface area (Å²) in [6, 6.07) is 7.03. The first-order valence-electron chi connectivity index (χ1n) is 12.1. The number of amides is 1. The van der Waals surface area contributed by atoms with Crippen LogP contribution in [0.25, 0.3) is 0 Å². The van der Waals surface area contributed by atoms with Gasteiger partial charge in [0.15, 0.2) is 11.6 Å². The highest BCUT2D eigenvalue weighted by Crippen LogP contribution is 2.43. The lowest BCUT2D eigenvalue weighted by Crippen LogP contribution is -2.57. The monoisotopic (exact) mass is 528 g/mol. The zero-order valence-electron chi connectivity index (χ0n) is 20.8. The van der Waals surface area contributed by atoms with Crippen LogP contribution in [0.4, 0.5) is 17.6 Å². The fraction of sp³-hybridized carbons (Fsp3) is 0.519. The Morgan fingerprint density at radius 1 is 0.917 bits per heavy atom. The van der Waals surface area contributed by atoms with Crippen molar-refractivity contribution in [1.82, 2.24) is 9.80 Å². The van der Waals surface area contributed by atoms with E-state index in [0.717, 1.165) is 18.2 Å². The highest BCUT2D eigenvalue weighted by atomic mass is 35.5. The molecule has 2 saturated heterocycles. The highest BCUT2D eigenvalue weighted by molar-refractivity contribution is 5.85. The van der Waals surface area contributed by atoms with E-state index in [4.69, 9.17) is 0 Å². The Bertz CT molecular complexity index is 1100. The molecule has 2 aromatic rings. The summed E-state index contributed by atoms with van der Waals surface area (Å²) in [5.41, 5.74) is -0.834. The first-order chi connectivity index (χ1) is 16.4. The van der Waals surface area contributed by atoms with Crippen LogP contribution >= 0.6 is 12.4 Å². The second kappa shape index (κ2) is 10.7. The number of piperidine rings is 1. The molecule has 1 unspecified atom stereocenters. The fourth-order valence-corrected chi connectivity index (χ4v) is 5.85. The lowest BCUT2D eigenvalue weighted by atomic mass is 9.70. The van der Waals surface area contributed by atoms with Gasteiger partial charge in [0.25, 0.3) is 0 Å². The molecule has 0 aliphatic carbocycles. The summed E-state index contributed by atoms with van der Waals surface area (Å²) in [7, 11) is 0. The summed E-state index contributed by atoms with van der Waals surface area (Å²) in [6.45, 7) is 8.95. The van der Waals surface area contributed by atoms with Crippen LogP contribution in [0.1, 0.15) is 44.7 Å². The van der Waals surface area contributed by atoms with Gasteiger partial charge in [-0.05, 0) is 43.2 Å². The van der Waals surface area contributed by atoms with Gasteiger partial charge in [0, 0.05) is 56.0 Å². The zero-order valence-corrected chi connectivity index (χ0v) is 21.7. The maximum Gasteiger partial charge on any atom is 0.227 e. The molecule has 2 aliphatic rings. The number of hydrogen-bond acceptors (Lipinski definition) is 3. The maximum atomic E-state index is 14.7. The summed E-state index contributed by atoms with van der Waals surface area (Å²) in [6.07, 6.45) is 0. The number of benzene rings is 2. The van der Waals surface area contributed by atoms with Crippen molar-refractivity contribution in [2.24, 2.45) is 17.8 Å². The maximum absolute atomic E-state index is 14.7. The Morgan fingerprint density at radius 2 is 1.56 bits per heavy atom. The molecule has 2 fully saturated rings. The van der Waals surface area contributed by atoms with Gasteiger partial charge in [0.1, 0.15) is 11.6 Å². The number of likely N-dealkylation sites (tertiary alicyclic amines) is 2. The third-order valence-corrected chi connectivity index (χ3v) is 7.94. The van der Waals surface area contributed by atoms with Crippen LogP contribution in [0.15, 0.2) is 36.4 Å². The van der Waals surface area contributed by atoms with Crippen LogP contribution in [-0.2, 0) is 10.4 Å². The molecule has 0 radical (unpaired) electrons. The third-order valence-electron chi connectivity index (χ3n) is 7.94. The summed E-state index contributed by atoms with van der Waals surface area (Å²) < 4.78 is 55.7. The fourth-order valence-electron chi connectivity index (χ4n) is 5.85. The van der Waals surface area contributed by atoms with Crippen LogP contribution in [0.3, 0.4) is 0 Å². The number of hydrogen-bond donors (Lipinski definition) is 1. The summed E-state index contributed by atoms with van der Waals surface area (Å²) in [5, 5.41) is 11.5. The molecule has 0 spiro atoms. The van der Waals surface area contributed by atoms with Gasteiger partial charge in [-0.3, -0.25) is 9.69 Å². The number of nitrogens with zero attached hydrogens (tertiary/aromatic N) is 2. The molecule has 2 heterocycles. The Hall–Kier alpha value is -2.16. The molecule has 4 rings (SSSR count). The van der Waals surface area contributed by atoms with Crippen LogP contribution < -0.4 is 0 Å². The van der Waals surface area contributed by atoms with E-state index >= 15 is 0 Å². The van der Waals surface area contributed by atoms with Crippen molar-refractivity contribution >= 4 is 18.3 Å². The Balaban J connectivity index is 0.00000361. The average molecular weight is 529 g/mol. The highest BCUT2D eigenvalue weighted by Gasteiger charge is 2.49. The molecule has 0 aromatic heterocycles. The van der Waals surface area contributed by atoms with E-state index in [2.05, 4.69) is 4.90 Å². The summed E-state index contributed by atoms with van der Waals surface area (Å²) >= 11 is 0. The summed E-state index contributed by atoms with van der Waals surface area (Å²) in [5.74, 6) is -5.35. The van der Waals surface area contributed by atoms with Gasteiger partial charge in [-0.1, -0.05) is 26.0 Å². The molecular weight excluding hydrogens is 496 g/mol. The largest absolute Gasteiger partial charge is 0.384 e. The van der Waals surface area contributed by atoms with E-state index in [1.54, 1.807) is 18.7 Å². The molecule has 1 amide bonds. The topological polar surface area (TPSA) is 43.8 Å². The van der Waals surface area contributed by atoms with Gasteiger partial charge in [0.05, 0.1) is 11.5 Å². The lowest BCUT2D eigenvalue weighted by Gasteiger charge is -2.48. The normalized spacial score (nSPS) is 28.9. The van der Waals surface area contributed by atoms with Crippen molar-refractivity contribution in [2.45, 2.75) is 45.3 Å². The molecule has 0 saturated carbocycles. The van der Waals surface area contributed by atoms with Crippen LogP contribution in [-0.4, -0.2) is 53.0 Å². The quantitative estimate of drug-likeness (QED) is 0.562. The molecule has 4 nitrogen and oxygen atoms in total. The Morgan fingerprint density at radius 3 is 2.11 bits per heavy atom. The van der Waals surface area contributed by atoms with Crippen molar-refractivity contribution in [3.63, 3.8) is 0 Å². The number of rotatable bonds is 4. The van der Waals surface area contributed by atoms with Gasteiger partial charge < -0.3 is 10.0 Å². The zero-order chi connectivity index (χ0) is 25.7. The van der Waals surface area contributed by atoms with E-state index < -0.39 is 52.5 Å². The third kappa shape index (κ3) is 5.00. The molecule has 5 atom stereocenters. The van der Waals surface area contributed by atoms with E-state index in [-0.39, 0.29) is 43.0 Å². The number of carbonyl (C=O) groups is 1. The molecule has 1 N–H and O–H groups in total. The van der Waals surface area contributed by atoms with Crippen LogP contribution in [0, 0.1) is 41.0 Å². The minimum atomic E-state index is -1.44. The van der Waals surface area contributed by atoms with Gasteiger partial charge in [0.2, 0.25) is 5.91 Å². The Labute approximate surface area is 215 Å². The van der Waals surface area contributed by atoms with Gasteiger partial charge in [-0.15, -0.1) is 12.4 Å². The van der Waals surface area contributed by atoms with E-state index in [9.17, 15) is 27.5 Å². The van der Waals surface area contributed by atoms with E-state index in [1.807, 2.05) is 13.8 Å². The van der Waals surface area contributed by atoms with Gasteiger partial charge >= 0.3 is 0 Å². The van der Waals surface area contributed by atoms with Crippen molar-refractivity contribution in [2.75, 3.05) is 26.2 Å². The predicted molar refractivity (Wildman–Crippen MR) is 132 cm³/mol. The second-order valence-electron chi connectivity index (χ2n) is 10.4. The molecule has 36 heavy (non-hydrogen) atoms. The molecular formula is C27H33ClF4N2O2. The smallest absolute Gasteiger partial charge is 0.227 e. The Kier molecular flexibility index (Phi) is 8.43. The van der Waals surface area contributed by atoms with Crippen molar-refractivity contribution in [3.8, 4) is 0 Å². The van der Waals surface area contributed by atoms with Gasteiger partial charge in [-0.2, -0.15) is 0 Å². The standard InChI is InChI=1S/C27H32F4N2O2.ClH/c1-15(2)32-13-21(20-7-6-19(28)10-24(20)30)22(14-32)26(34)33-11-16(3)27(35,17(4)12-33)18-5-8-23(29)25(31)9-18;/h5-10,15-17,21-22,35H,11-14H2,1-4H3;1H/t16-,17+,21-,22+,27?;/m0./s1. The molecule has 9 heteroatoms. The molecule has 0 bridgehead atoms. The summed E-state index contributed by atoms with van der Waals surface area (Å²) in [4.78, 5) is 17.6. The second-order valence-corrected chi connectivity index (χ2v) is 10.4. The average Bonchev–Trinajstić information content (AvgIpc) is 3.24. The predicted octanol–water partition coefficient (Wildman–Crippen LogP) is 5.09. The van der Waals surface area contributed by atoms with Crippen molar-refractivity contribution in [1.29, 1.82) is 0 Å². The molecule has 2 aromatic carbocycles. The molecule has 198 valence electrons. The lowest BCUT2D eigenvalue weighted by molar-refractivity contribution is -0.152. The van der Waals surface area contributed by atoms with E-state index in [1.165, 1.54) is 18.2 Å². The van der Waals surface area contributed by atoms with Gasteiger partial charge in [-0.25, -0.2) is 17.6 Å². The van der Waals surface area contributed by atoms with Crippen LogP contribution in [0.2, 0.25) is 0 Å². The van der Waals surface area contributed by atoms with Crippen molar-refractivity contribution in [3.05, 3.63) is 70.8 Å². The first-order valence-corrected chi connectivity index (χ1v) is 12.1. The molecule has 2 aliphatic heterocycles. The number of aliphatic hydroxyl groups is 1. The van der Waals surface area contributed by atoms with Crippen LogP contribution in [0.5, 0.6) is 0 Å². The number of carbonyl (C=O) groups excluding carboxylic acids is 1.